The third-order valence-corrected chi connectivity index (χ3v) is 2.25. The summed E-state index contributed by atoms with van der Waals surface area (Å²) in [5, 5.41) is 0. The standard InChI is InChI=1S/C11H21N5/c1-4-5-16(7-6-15(2)3)11-13-8-10(12)9-14-11/h8-9H,4-7,12H2,1-3H3. The normalized spacial score (nSPS) is 10.8. The van der Waals surface area contributed by atoms with Crippen molar-refractivity contribution in [3.05, 3.63) is 12.4 Å². The van der Waals surface area contributed by atoms with Crippen LogP contribution in [0.5, 0.6) is 0 Å². The van der Waals surface area contributed by atoms with Gasteiger partial charge in [0.15, 0.2) is 0 Å². The molecule has 5 heteroatoms. The van der Waals surface area contributed by atoms with Gasteiger partial charge in [-0.25, -0.2) is 9.97 Å². The molecule has 0 spiro atoms. The fourth-order valence-electron chi connectivity index (χ4n) is 1.40. The molecule has 1 heterocycles. The van der Waals surface area contributed by atoms with Gasteiger partial charge in [-0.15, -0.1) is 0 Å². The lowest BCUT2D eigenvalue weighted by Gasteiger charge is -2.23. The number of anilines is 2. The first-order valence-corrected chi connectivity index (χ1v) is 5.60. The van der Waals surface area contributed by atoms with Crippen LogP contribution >= 0.6 is 0 Å². The van der Waals surface area contributed by atoms with Crippen LogP contribution < -0.4 is 10.6 Å². The number of nitrogen functional groups attached to an aromatic ring is 1. The van der Waals surface area contributed by atoms with Gasteiger partial charge in [0.05, 0.1) is 18.1 Å². The van der Waals surface area contributed by atoms with E-state index in [2.05, 4.69) is 40.8 Å². The van der Waals surface area contributed by atoms with Crippen molar-refractivity contribution >= 4 is 11.6 Å². The SMILES string of the molecule is CCCN(CCN(C)C)c1ncc(N)cn1. The molecule has 90 valence electrons. The van der Waals surface area contributed by atoms with Crippen LogP contribution in [0, 0.1) is 0 Å². The van der Waals surface area contributed by atoms with Crippen LogP contribution in [0.3, 0.4) is 0 Å². The molecule has 0 saturated carbocycles. The number of hydrogen-bond acceptors (Lipinski definition) is 5. The molecule has 0 unspecified atom stereocenters. The first-order valence-electron chi connectivity index (χ1n) is 5.60. The summed E-state index contributed by atoms with van der Waals surface area (Å²) in [5.74, 6) is 0.762. The van der Waals surface area contributed by atoms with Gasteiger partial charge in [0.1, 0.15) is 0 Å². The molecular weight excluding hydrogens is 202 g/mol. The maximum absolute atomic E-state index is 5.57. The summed E-state index contributed by atoms with van der Waals surface area (Å²) in [7, 11) is 4.13. The van der Waals surface area contributed by atoms with Gasteiger partial charge in [0, 0.05) is 19.6 Å². The Kier molecular flexibility index (Phi) is 4.98. The Morgan fingerprint density at radius 1 is 1.12 bits per heavy atom. The summed E-state index contributed by atoms with van der Waals surface area (Å²) in [4.78, 5) is 12.8. The van der Waals surface area contributed by atoms with Crippen LogP contribution in [0.15, 0.2) is 12.4 Å². The van der Waals surface area contributed by atoms with E-state index in [0.29, 0.717) is 5.69 Å². The van der Waals surface area contributed by atoms with Crippen LogP contribution in [-0.4, -0.2) is 48.6 Å². The lowest BCUT2D eigenvalue weighted by atomic mass is 10.4. The predicted octanol–water partition coefficient (Wildman–Crippen LogP) is 0.837. The fraction of sp³-hybridized carbons (Fsp3) is 0.636. The quantitative estimate of drug-likeness (QED) is 0.774. The minimum atomic E-state index is 0.604. The number of nitrogens with two attached hydrogens (primary N) is 1. The zero-order valence-electron chi connectivity index (χ0n) is 10.3. The van der Waals surface area contributed by atoms with Gasteiger partial charge in [0.25, 0.3) is 0 Å². The van der Waals surface area contributed by atoms with E-state index in [4.69, 9.17) is 5.73 Å². The first-order chi connectivity index (χ1) is 7.63. The Balaban J connectivity index is 2.64. The Bertz CT molecular complexity index is 296. The summed E-state index contributed by atoms with van der Waals surface area (Å²) in [5.41, 5.74) is 6.18. The van der Waals surface area contributed by atoms with E-state index in [-0.39, 0.29) is 0 Å². The molecule has 1 rings (SSSR count). The van der Waals surface area contributed by atoms with E-state index in [1.807, 2.05) is 0 Å². The molecule has 0 aliphatic carbocycles. The molecule has 0 radical (unpaired) electrons. The highest BCUT2D eigenvalue weighted by molar-refractivity contribution is 5.37. The molecule has 16 heavy (non-hydrogen) atoms. The molecule has 1 aromatic rings. The van der Waals surface area contributed by atoms with Crippen LogP contribution in [0.25, 0.3) is 0 Å². The smallest absolute Gasteiger partial charge is 0.225 e. The van der Waals surface area contributed by atoms with Gasteiger partial charge < -0.3 is 15.5 Å². The van der Waals surface area contributed by atoms with Crippen molar-refractivity contribution in [2.45, 2.75) is 13.3 Å². The second-order valence-corrected chi connectivity index (χ2v) is 4.11. The lowest BCUT2D eigenvalue weighted by molar-refractivity contribution is 0.412. The highest BCUT2D eigenvalue weighted by atomic mass is 15.3. The van der Waals surface area contributed by atoms with Gasteiger partial charge in [0.2, 0.25) is 5.95 Å². The summed E-state index contributed by atoms with van der Waals surface area (Å²) >= 11 is 0. The molecule has 0 saturated heterocycles. The van der Waals surface area contributed by atoms with Gasteiger partial charge >= 0.3 is 0 Å². The second-order valence-electron chi connectivity index (χ2n) is 4.11. The second kappa shape index (κ2) is 6.27. The molecule has 0 atom stereocenters. The van der Waals surface area contributed by atoms with Crippen LogP contribution in [0.2, 0.25) is 0 Å². The zero-order chi connectivity index (χ0) is 12.0. The van der Waals surface area contributed by atoms with Gasteiger partial charge in [-0.3, -0.25) is 0 Å². The number of rotatable bonds is 6. The molecule has 1 aromatic heterocycles. The predicted molar refractivity (Wildman–Crippen MR) is 67.5 cm³/mol. The molecule has 0 aliphatic rings. The highest BCUT2D eigenvalue weighted by Gasteiger charge is 2.08. The van der Waals surface area contributed by atoms with E-state index < -0.39 is 0 Å². The molecule has 0 fully saturated rings. The van der Waals surface area contributed by atoms with Crippen molar-refractivity contribution in [2.75, 3.05) is 44.4 Å². The summed E-state index contributed by atoms with van der Waals surface area (Å²) < 4.78 is 0. The third-order valence-electron chi connectivity index (χ3n) is 2.25. The molecule has 0 aliphatic heterocycles. The molecular formula is C11H21N5. The van der Waals surface area contributed by atoms with Gasteiger partial charge in [-0.1, -0.05) is 6.92 Å². The average molecular weight is 223 g/mol. The van der Waals surface area contributed by atoms with Crippen molar-refractivity contribution in [1.29, 1.82) is 0 Å². The Hall–Kier alpha value is -1.36. The summed E-state index contributed by atoms with van der Waals surface area (Å²) in [6.45, 7) is 5.05. The van der Waals surface area contributed by atoms with E-state index in [1.165, 1.54) is 0 Å². The Labute approximate surface area is 97.3 Å². The Morgan fingerprint density at radius 2 is 1.75 bits per heavy atom. The minimum Gasteiger partial charge on any atom is -0.396 e. The minimum absolute atomic E-state index is 0.604. The fourth-order valence-corrected chi connectivity index (χ4v) is 1.40. The average Bonchev–Trinajstić information content (AvgIpc) is 2.25. The summed E-state index contributed by atoms with van der Waals surface area (Å²) in [6.07, 6.45) is 4.39. The van der Waals surface area contributed by atoms with Crippen molar-refractivity contribution in [3.8, 4) is 0 Å². The van der Waals surface area contributed by atoms with Crippen molar-refractivity contribution in [3.63, 3.8) is 0 Å². The molecule has 0 bridgehead atoms. The monoisotopic (exact) mass is 223 g/mol. The van der Waals surface area contributed by atoms with Crippen molar-refractivity contribution in [1.82, 2.24) is 14.9 Å². The maximum Gasteiger partial charge on any atom is 0.225 e. The number of nitrogens with zero attached hydrogens (tertiary/aromatic N) is 4. The van der Waals surface area contributed by atoms with E-state index in [1.54, 1.807) is 12.4 Å². The van der Waals surface area contributed by atoms with Crippen molar-refractivity contribution in [2.24, 2.45) is 0 Å². The number of aromatic nitrogens is 2. The number of hydrogen-bond donors (Lipinski definition) is 1. The van der Waals surface area contributed by atoms with E-state index in [9.17, 15) is 0 Å². The van der Waals surface area contributed by atoms with Crippen LogP contribution in [0.1, 0.15) is 13.3 Å². The van der Waals surface area contributed by atoms with Crippen LogP contribution in [-0.2, 0) is 0 Å². The van der Waals surface area contributed by atoms with Gasteiger partial charge in [-0.2, -0.15) is 0 Å². The summed E-state index contributed by atoms with van der Waals surface area (Å²) in [6, 6.07) is 0. The first kappa shape index (κ1) is 12.7. The third kappa shape index (κ3) is 4.02. The molecule has 0 amide bonds. The highest BCUT2D eigenvalue weighted by Crippen LogP contribution is 2.08. The molecule has 2 N–H and O–H groups in total. The lowest BCUT2D eigenvalue weighted by Crippen LogP contribution is -2.33. The topological polar surface area (TPSA) is 58.3 Å². The molecule has 5 nitrogen and oxygen atoms in total. The maximum atomic E-state index is 5.57. The van der Waals surface area contributed by atoms with Crippen molar-refractivity contribution < 1.29 is 0 Å². The van der Waals surface area contributed by atoms with E-state index >= 15 is 0 Å². The molecule has 0 aromatic carbocycles. The van der Waals surface area contributed by atoms with Gasteiger partial charge in [-0.05, 0) is 20.5 Å². The largest absolute Gasteiger partial charge is 0.396 e. The van der Waals surface area contributed by atoms with Crippen LogP contribution in [0.4, 0.5) is 11.6 Å². The zero-order valence-corrected chi connectivity index (χ0v) is 10.3. The number of likely N-dealkylation sites (N-methyl/N-ethyl adjacent to an activating group) is 1. The van der Waals surface area contributed by atoms with E-state index in [0.717, 1.165) is 32.0 Å². The Morgan fingerprint density at radius 3 is 2.25 bits per heavy atom.